The van der Waals surface area contributed by atoms with E-state index in [2.05, 4.69) is 35.0 Å². The van der Waals surface area contributed by atoms with E-state index in [0.29, 0.717) is 19.8 Å². The molecule has 0 aromatic rings. The van der Waals surface area contributed by atoms with Crippen molar-refractivity contribution in [2.24, 2.45) is 0 Å². The van der Waals surface area contributed by atoms with E-state index >= 15 is 0 Å². The maximum absolute atomic E-state index is 5.00. The Labute approximate surface area is 105 Å². The van der Waals surface area contributed by atoms with Crippen LogP contribution in [0.3, 0.4) is 0 Å². The van der Waals surface area contributed by atoms with Crippen LogP contribution in [0.5, 0.6) is 0 Å². The normalized spacial score (nSPS) is 8.47. The molecule has 0 heterocycles. The Kier molecular flexibility index (Phi) is 8.56. The van der Waals surface area contributed by atoms with Crippen LogP contribution in [0.4, 0.5) is 0 Å². The number of hydrogen-bond donors (Lipinski definition) is 0. The van der Waals surface area contributed by atoms with Crippen molar-refractivity contribution in [2.75, 3.05) is 19.8 Å². The monoisotopic (exact) mass is 250 g/mol. The lowest BCUT2D eigenvalue weighted by molar-refractivity contribution is 0.299. The van der Waals surface area contributed by atoms with Gasteiger partial charge in [-0.25, -0.2) is 0 Å². The van der Waals surface area contributed by atoms with Crippen molar-refractivity contribution < 1.29 is 14.2 Å². The third-order valence-corrected chi connectivity index (χ3v) is 3.36. The summed E-state index contributed by atoms with van der Waals surface area (Å²) < 4.78 is 15.0. The van der Waals surface area contributed by atoms with E-state index in [-0.39, 0.29) is 0 Å². The highest BCUT2D eigenvalue weighted by Gasteiger charge is 2.21. The van der Waals surface area contributed by atoms with Crippen LogP contribution in [-0.4, -0.2) is 27.9 Å². The fraction of sp³-hybridized carbons (Fsp3) is 0.538. The third-order valence-electron chi connectivity index (χ3n) is 1.55. The summed E-state index contributed by atoms with van der Waals surface area (Å²) in [4.78, 5) is 0. The minimum atomic E-state index is -2.32. The Bertz CT molecular complexity index is 324. The number of rotatable bonds is 3. The lowest BCUT2D eigenvalue weighted by Crippen LogP contribution is -2.25. The van der Waals surface area contributed by atoms with E-state index in [0.717, 1.165) is 0 Å². The molecule has 4 heteroatoms. The molecule has 92 valence electrons. The molecule has 0 aromatic carbocycles. The summed E-state index contributed by atoms with van der Waals surface area (Å²) in [5.41, 5.74) is 8.92. The predicted molar refractivity (Wildman–Crippen MR) is 69.8 cm³/mol. The molecular formula is C13H18O3Si. The maximum atomic E-state index is 5.00. The summed E-state index contributed by atoms with van der Waals surface area (Å²) in [5, 5.41) is 0. The van der Waals surface area contributed by atoms with Gasteiger partial charge in [0.2, 0.25) is 0 Å². The molecule has 3 nitrogen and oxygen atoms in total. The Morgan fingerprint density at radius 1 is 0.706 bits per heavy atom. The van der Waals surface area contributed by atoms with Gasteiger partial charge in [0, 0.05) is 0 Å². The quantitative estimate of drug-likeness (QED) is 0.563. The van der Waals surface area contributed by atoms with Crippen molar-refractivity contribution in [1.29, 1.82) is 0 Å². The van der Waals surface area contributed by atoms with E-state index in [4.69, 9.17) is 14.2 Å². The molecule has 0 radical (unpaired) electrons. The third kappa shape index (κ3) is 8.14. The van der Waals surface area contributed by atoms with E-state index in [1.807, 2.05) is 27.3 Å². The van der Waals surface area contributed by atoms with Gasteiger partial charge in [0.25, 0.3) is 0 Å². The molecule has 0 atom stereocenters. The Balaban J connectivity index is 4.79. The zero-order valence-corrected chi connectivity index (χ0v) is 11.8. The second-order valence-electron chi connectivity index (χ2n) is 3.11. The highest BCUT2D eigenvalue weighted by molar-refractivity contribution is 6.99. The lowest BCUT2D eigenvalue weighted by atomic mass is 10.9. The molecule has 0 spiro atoms. The molecule has 0 aliphatic rings. The van der Waals surface area contributed by atoms with E-state index in [1.54, 1.807) is 0 Å². The van der Waals surface area contributed by atoms with Crippen molar-refractivity contribution in [3.05, 3.63) is 0 Å². The molecule has 0 rings (SSSR count). The zero-order valence-electron chi connectivity index (χ0n) is 10.8. The molecule has 0 aliphatic carbocycles. The van der Waals surface area contributed by atoms with Crippen LogP contribution in [0.2, 0.25) is 6.55 Å². The molecule has 0 bridgehead atoms. The first kappa shape index (κ1) is 15.3. The standard InChI is InChI=1S/C13H18O3Si/c1-5-14-8-11-17(4,12-9-15-6-2)13-10-16-7-3/h5-7H2,1-4H3. The fourth-order valence-electron chi connectivity index (χ4n) is 0.725. The maximum Gasteiger partial charge on any atom is 0.301 e. The molecule has 17 heavy (non-hydrogen) atoms. The van der Waals surface area contributed by atoms with Gasteiger partial charge >= 0.3 is 8.07 Å². The van der Waals surface area contributed by atoms with Crippen LogP contribution < -0.4 is 0 Å². The second kappa shape index (κ2) is 9.52. The van der Waals surface area contributed by atoms with Crippen molar-refractivity contribution in [1.82, 2.24) is 0 Å². The predicted octanol–water partition coefficient (Wildman–Crippen LogP) is 1.67. The topological polar surface area (TPSA) is 27.7 Å². The Morgan fingerprint density at radius 2 is 1.00 bits per heavy atom. The molecule has 0 amide bonds. The van der Waals surface area contributed by atoms with Crippen molar-refractivity contribution in [3.63, 3.8) is 0 Å². The van der Waals surface area contributed by atoms with Gasteiger partial charge in [-0.15, -0.1) is 0 Å². The van der Waals surface area contributed by atoms with Crippen molar-refractivity contribution in [2.45, 2.75) is 27.3 Å². The molecule has 0 saturated carbocycles. The Morgan fingerprint density at radius 3 is 1.24 bits per heavy atom. The van der Waals surface area contributed by atoms with E-state index in [1.165, 1.54) is 0 Å². The van der Waals surface area contributed by atoms with Crippen LogP contribution >= 0.6 is 0 Å². The van der Waals surface area contributed by atoms with Crippen LogP contribution in [0, 0.1) is 35.0 Å². The zero-order chi connectivity index (χ0) is 13.0. The molecule has 0 fully saturated rings. The SMILES string of the molecule is CCOC#C[Si](C)(C#COCC)C#COCC. The minimum absolute atomic E-state index is 0.551. The van der Waals surface area contributed by atoms with E-state index < -0.39 is 8.07 Å². The summed E-state index contributed by atoms with van der Waals surface area (Å²) in [5.74, 6) is 0. The van der Waals surface area contributed by atoms with Gasteiger partial charge in [-0.1, -0.05) is 16.6 Å². The Hall–Kier alpha value is -1.70. The van der Waals surface area contributed by atoms with Gasteiger partial charge in [-0.05, 0) is 27.3 Å². The van der Waals surface area contributed by atoms with Crippen LogP contribution in [0.15, 0.2) is 0 Å². The first-order valence-corrected chi connectivity index (χ1v) is 8.10. The highest BCUT2D eigenvalue weighted by atomic mass is 28.3. The van der Waals surface area contributed by atoms with Gasteiger partial charge in [-0.2, -0.15) is 0 Å². The molecule has 0 aromatic heterocycles. The average molecular weight is 250 g/mol. The first-order chi connectivity index (χ1) is 8.18. The van der Waals surface area contributed by atoms with Gasteiger partial charge in [-0.3, -0.25) is 0 Å². The minimum Gasteiger partial charge on any atom is -0.447 e. The molecular weight excluding hydrogens is 232 g/mol. The number of hydrogen-bond acceptors (Lipinski definition) is 3. The van der Waals surface area contributed by atoms with Gasteiger partial charge in [0.15, 0.2) is 0 Å². The summed E-state index contributed by atoms with van der Waals surface area (Å²) in [6.45, 7) is 9.22. The van der Waals surface area contributed by atoms with Crippen LogP contribution in [-0.2, 0) is 14.2 Å². The molecule has 0 saturated heterocycles. The van der Waals surface area contributed by atoms with Gasteiger partial charge < -0.3 is 14.2 Å². The largest absolute Gasteiger partial charge is 0.447 e. The van der Waals surface area contributed by atoms with Crippen molar-refractivity contribution in [3.8, 4) is 35.0 Å². The summed E-state index contributed by atoms with van der Waals surface area (Å²) in [6.07, 6.45) is 7.88. The summed E-state index contributed by atoms with van der Waals surface area (Å²) >= 11 is 0. The second-order valence-corrected chi connectivity index (χ2v) is 6.11. The van der Waals surface area contributed by atoms with Crippen LogP contribution in [0.1, 0.15) is 20.8 Å². The molecule has 0 N–H and O–H groups in total. The molecule has 0 unspecified atom stereocenters. The fourth-order valence-corrected chi connectivity index (χ4v) is 1.74. The highest BCUT2D eigenvalue weighted by Crippen LogP contribution is 1.97. The average Bonchev–Trinajstić information content (AvgIpc) is 2.30. The summed E-state index contributed by atoms with van der Waals surface area (Å²) in [6, 6.07) is 0. The number of ether oxygens (including phenoxy) is 3. The van der Waals surface area contributed by atoms with Gasteiger partial charge in [0.05, 0.1) is 19.8 Å². The molecule has 0 aliphatic heterocycles. The van der Waals surface area contributed by atoms with E-state index in [9.17, 15) is 0 Å². The van der Waals surface area contributed by atoms with Crippen LogP contribution in [0.25, 0.3) is 0 Å². The van der Waals surface area contributed by atoms with Crippen molar-refractivity contribution >= 4 is 8.07 Å². The smallest absolute Gasteiger partial charge is 0.301 e. The lowest BCUT2D eigenvalue weighted by Gasteiger charge is -2.02. The first-order valence-electron chi connectivity index (χ1n) is 5.60. The van der Waals surface area contributed by atoms with Gasteiger partial charge in [0.1, 0.15) is 18.3 Å². The summed E-state index contributed by atoms with van der Waals surface area (Å²) in [7, 11) is -2.32.